The Hall–Kier alpha value is -1.03. The number of nitrogen functional groups attached to an aromatic ring is 1. The van der Waals surface area contributed by atoms with Gasteiger partial charge in [0.25, 0.3) is 0 Å². The van der Waals surface area contributed by atoms with Crippen molar-refractivity contribution in [2.45, 2.75) is 14.4 Å². The molecule has 2 aromatic rings. The third kappa shape index (κ3) is 2.86. The summed E-state index contributed by atoms with van der Waals surface area (Å²) < 4.78 is 0. The van der Waals surface area contributed by atoms with E-state index < -0.39 is 0 Å². The molecule has 0 saturated heterocycles. The normalized spacial score (nSPS) is 10.0. The van der Waals surface area contributed by atoms with Crippen LogP contribution in [0.5, 0.6) is 0 Å². The highest BCUT2D eigenvalue weighted by Gasteiger charge is 2.13. The molecule has 0 amide bonds. The number of anilines is 1. The van der Waals surface area contributed by atoms with Gasteiger partial charge in [0.2, 0.25) is 0 Å². The van der Waals surface area contributed by atoms with E-state index in [1.54, 1.807) is 25.3 Å². The minimum Gasteiger partial charge on any atom is -0.382 e. The molecule has 1 heterocycles. The molecule has 96 valence electrons. The Morgan fingerprint density at radius 2 is 1.83 bits per heavy atom. The molecule has 0 spiro atoms. The SMILES string of the molecule is C.Cc1cnc(-c2cc(Cl)cc(Cl)c2Cl)c(N)n1. The van der Waals surface area contributed by atoms with Crippen molar-refractivity contribution in [3.05, 3.63) is 39.1 Å². The van der Waals surface area contributed by atoms with Crippen LogP contribution in [0.15, 0.2) is 18.3 Å². The summed E-state index contributed by atoms with van der Waals surface area (Å²) in [5, 5.41) is 1.19. The van der Waals surface area contributed by atoms with Crippen LogP contribution in [0.3, 0.4) is 0 Å². The molecule has 0 radical (unpaired) electrons. The van der Waals surface area contributed by atoms with Gasteiger partial charge in [-0.1, -0.05) is 42.2 Å². The smallest absolute Gasteiger partial charge is 0.150 e. The van der Waals surface area contributed by atoms with Crippen LogP contribution in [-0.4, -0.2) is 9.97 Å². The van der Waals surface area contributed by atoms with Crippen molar-refractivity contribution in [2.24, 2.45) is 0 Å². The van der Waals surface area contributed by atoms with E-state index in [1.807, 2.05) is 0 Å². The van der Waals surface area contributed by atoms with Crippen LogP contribution in [0, 0.1) is 6.92 Å². The molecule has 0 bridgehead atoms. The van der Waals surface area contributed by atoms with Crippen LogP contribution in [-0.2, 0) is 0 Å². The molecule has 0 saturated carbocycles. The summed E-state index contributed by atoms with van der Waals surface area (Å²) in [4.78, 5) is 8.32. The number of hydrogen-bond acceptors (Lipinski definition) is 3. The molecule has 3 nitrogen and oxygen atoms in total. The Bertz CT molecular complexity index is 585. The number of hydrogen-bond donors (Lipinski definition) is 1. The second-order valence-corrected chi connectivity index (χ2v) is 4.72. The topological polar surface area (TPSA) is 51.8 Å². The van der Waals surface area contributed by atoms with Crippen LogP contribution in [0.4, 0.5) is 5.82 Å². The highest BCUT2D eigenvalue weighted by molar-refractivity contribution is 6.45. The third-order valence-corrected chi connectivity index (χ3v) is 3.19. The molecule has 6 heteroatoms. The van der Waals surface area contributed by atoms with Gasteiger partial charge in [-0.15, -0.1) is 0 Å². The molecule has 1 aromatic heterocycles. The maximum Gasteiger partial charge on any atom is 0.150 e. The van der Waals surface area contributed by atoms with Crippen LogP contribution in [0.25, 0.3) is 11.3 Å². The molecule has 0 aliphatic carbocycles. The van der Waals surface area contributed by atoms with Crippen molar-refractivity contribution < 1.29 is 0 Å². The van der Waals surface area contributed by atoms with Crippen molar-refractivity contribution in [1.82, 2.24) is 9.97 Å². The van der Waals surface area contributed by atoms with Crippen LogP contribution in [0.2, 0.25) is 15.1 Å². The number of aryl methyl sites for hydroxylation is 1. The van der Waals surface area contributed by atoms with Crippen molar-refractivity contribution in [3.8, 4) is 11.3 Å². The van der Waals surface area contributed by atoms with Crippen LogP contribution < -0.4 is 5.73 Å². The standard InChI is InChI=1S/C11H8Cl3N3.CH4/c1-5-4-16-10(11(15)17-5)7-2-6(12)3-8(13)9(7)14;/h2-4H,1H3,(H2,15,17);1H4. The average molecular weight is 305 g/mol. The fourth-order valence-corrected chi connectivity index (χ4v) is 2.12. The first-order valence-corrected chi connectivity index (χ1v) is 5.86. The lowest BCUT2D eigenvalue weighted by molar-refractivity contribution is 1.13. The summed E-state index contributed by atoms with van der Waals surface area (Å²) in [6, 6.07) is 3.22. The second-order valence-electron chi connectivity index (χ2n) is 3.49. The fraction of sp³-hybridized carbons (Fsp3) is 0.167. The van der Waals surface area contributed by atoms with Gasteiger partial charge in [-0.25, -0.2) is 4.98 Å². The highest BCUT2D eigenvalue weighted by Crippen LogP contribution is 2.37. The number of aromatic nitrogens is 2. The summed E-state index contributed by atoms with van der Waals surface area (Å²) in [7, 11) is 0. The van der Waals surface area contributed by atoms with Crippen LogP contribution >= 0.6 is 34.8 Å². The molecule has 0 fully saturated rings. The molecule has 18 heavy (non-hydrogen) atoms. The zero-order valence-electron chi connectivity index (χ0n) is 8.84. The minimum atomic E-state index is 0. The largest absolute Gasteiger partial charge is 0.382 e. The monoisotopic (exact) mass is 303 g/mol. The molecule has 2 rings (SSSR count). The van der Waals surface area contributed by atoms with Gasteiger partial charge in [0.1, 0.15) is 11.5 Å². The predicted molar refractivity (Wildman–Crippen MR) is 78.4 cm³/mol. The summed E-state index contributed by atoms with van der Waals surface area (Å²) >= 11 is 18.0. The number of rotatable bonds is 1. The maximum atomic E-state index is 6.10. The Labute approximate surface area is 121 Å². The van der Waals surface area contributed by atoms with Crippen molar-refractivity contribution in [3.63, 3.8) is 0 Å². The molecule has 0 aliphatic rings. The molecular formula is C12H12Cl3N3. The number of nitrogens with zero attached hydrogens (tertiary/aromatic N) is 2. The zero-order chi connectivity index (χ0) is 12.6. The maximum absolute atomic E-state index is 6.10. The Balaban J connectivity index is 0.00000162. The van der Waals surface area contributed by atoms with Gasteiger partial charge in [0, 0.05) is 16.8 Å². The van der Waals surface area contributed by atoms with E-state index in [1.165, 1.54) is 0 Å². The lowest BCUT2D eigenvalue weighted by atomic mass is 10.1. The Kier molecular flexibility index (Phi) is 4.79. The quantitative estimate of drug-likeness (QED) is 0.781. The Morgan fingerprint density at radius 1 is 1.17 bits per heavy atom. The molecule has 0 aliphatic heterocycles. The van der Waals surface area contributed by atoms with Gasteiger partial charge in [0.15, 0.2) is 0 Å². The molecule has 0 unspecified atom stereocenters. The van der Waals surface area contributed by atoms with E-state index in [2.05, 4.69) is 9.97 Å². The van der Waals surface area contributed by atoms with E-state index in [0.29, 0.717) is 32.1 Å². The van der Waals surface area contributed by atoms with E-state index in [9.17, 15) is 0 Å². The summed E-state index contributed by atoms with van der Waals surface area (Å²) in [6.45, 7) is 1.81. The first kappa shape index (κ1) is 15.0. The van der Waals surface area contributed by atoms with E-state index >= 15 is 0 Å². The fourth-order valence-electron chi connectivity index (χ4n) is 1.43. The molecule has 2 N–H and O–H groups in total. The first-order valence-electron chi connectivity index (χ1n) is 4.73. The second kappa shape index (κ2) is 5.74. The number of halogens is 3. The lowest BCUT2D eigenvalue weighted by Crippen LogP contribution is -1.99. The zero-order valence-corrected chi connectivity index (χ0v) is 11.1. The van der Waals surface area contributed by atoms with Crippen LogP contribution in [0.1, 0.15) is 13.1 Å². The van der Waals surface area contributed by atoms with E-state index in [4.69, 9.17) is 40.5 Å². The van der Waals surface area contributed by atoms with Gasteiger partial charge >= 0.3 is 0 Å². The van der Waals surface area contributed by atoms with Gasteiger partial charge in [-0.05, 0) is 19.1 Å². The van der Waals surface area contributed by atoms with Gasteiger partial charge < -0.3 is 5.73 Å². The molecular weight excluding hydrogens is 293 g/mol. The van der Waals surface area contributed by atoms with Gasteiger partial charge in [-0.2, -0.15) is 0 Å². The average Bonchev–Trinajstić information content (AvgIpc) is 2.24. The minimum absolute atomic E-state index is 0. The third-order valence-electron chi connectivity index (χ3n) is 2.17. The highest BCUT2D eigenvalue weighted by atomic mass is 35.5. The summed E-state index contributed by atoms with van der Waals surface area (Å²) in [5.74, 6) is 0.297. The van der Waals surface area contributed by atoms with Crippen molar-refractivity contribution in [2.75, 3.05) is 5.73 Å². The molecule has 0 atom stereocenters. The van der Waals surface area contributed by atoms with Gasteiger partial charge in [-0.3, -0.25) is 4.98 Å². The predicted octanol–water partition coefficient (Wildman–Crippen LogP) is 4.63. The Morgan fingerprint density at radius 3 is 2.44 bits per heavy atom. The van der Waals surface area contributed by atoms with E-state index in [-0.39, 0.29) is 7.43 Å². The first-order chi connectivity index (χ1) is 7.99. The molecule has 1 aromatic carbocycles. The number of benzene rings is 1. The van der Waals surface area contributed by atoms with Crippen molar-refractivity contribution >= 4 is 40.6 Å². The number of nitrogens with two attached hydrogens (primary N) is 1. The van der Waals surface area contributed by atoms with E-state index in [0.717, 1.165) is 5.69 Å². The summed E-state index contributed by atoms with van der Waals surface area (Å²) in [5.41, 5.74) is 7.59. The summed E-state index contributed by atoms with van der Waals surface area (Å²) in [6.07, 6.45) is 1.61. The lowest BCUT2D eigenvalue weighted by Gasteiger charge is -2.08. The van der Waals surface area contributed by atoms with Crippen molar-refractivity contribution in [1.29, 1.82) is 0 Å². The van der Waals surface area contributed by atoms with Gasteiger partial charge in [0.05, 0.1) is 15.7 Å².